The molecule has 0 aromatic heterocycles. The van der Waals surface area contributed by atoms with E-state index in [1.54, 1.807) is 35.2 Å². The molecule has 0 saturated heterocycles. The first-order valence-electron chi connectivity index (χ1n) is 15.7. The fourth-order valence-corrected chi connectivity index (χ4v) is 6.81. The zero-order chi connectivity index (χ0) is 33.4. The number of hydrogen-bond acceptors (Lipinski definition) is 4. The molecule has 0 aliphatic rings. The molecule has 1 N–H and O–H groups in total. The SMILES string of the molecule is CC[C@@H](C)NC(=O)[C@@H](Cc1ccccc1)N(Cc1cccc(C)c1)C(=O)CN(c1cc(C)ccc1C)S(=O)(=O)c1ccc(C)cc1. The second-order valence-corrected chi connectivity index (χ2v) is 14.0. The highest BCUT2D eigenvalue weighted by Gasteiger charge is 2.35. The van der Waals surface area contributed by atoms with E-state index < -0.39 is 28.5 Å². The van der Waals surface area contributed by atoms with Crippen LogP contribution in [0.5, 0.6) is 0 Å². The van der Waals surface area contributed by atoms with Gasteiger partial charge >= 0.3 is 0 Å². The van der Waals surface area contributed by atoms with Gasteiger partial charge in [-0.1, -0.05) is 96.9 Å². The van der Waals surface area contributed by atoms with Gasteiger partial charge in [-0.05, 0) is 81.5 Å². The monoisotopic (exact) mass is 639 g/mol. The minimum atomic E-state index is -4.16. The van der Waals surface area contributed by atoms with Crippen molar-refractivity contribution >= 4 is 27.5 Å². The van der Waals surface area contributed by atoms with Gasteiger partial charge in [-0.3, -0.25) is 13.9 Å². The molecule has 0 spiro atoms. The first-order valence-corrected chi connectivity index (χ1v) is 17.2. The maximum absolute atomic E-state index is 14.7. The van der Waals surface area contributed by atoms with Gasteiger partial charge in [0.2, 0.25) is 11.8 Å². The molecule has 4 rings (SSSR count). The standard InChI is InChI=1S/C38H45N3O4S/c1-7-31(6)39-38(43)36(24-32-13-9-8-10-14-32)40(25-33-15-11-12-28(3)22-33)37(42)26-41(35-23-29(4)16-19-30(35)5)46(44,45)34-20-17-27(2)18-21-34/h8-23,31,36H,7,24-26H2,1-6H3,(H,39,43)/t31-,36-/m1/s1. The molecule has 8 heteroatoms. The lowest BCUT2D eigenvalue weighted by Crippen LogP contribution is -2.54. The van der Waals surface area contributed by atoms with Crippen LogP contribution >= 0.6 is 0 Å². The molecule has 7 nitrogen and oxygen atoms in total. The number of carbonyl (C=O) groups excluding carboxylic acids is 2. The molecule has 0 aliphatic heterocycles. The Morgan fingerprint density at radius 1 is 0.761 bits per heavy atom. The van der Waals surface area contributed by atoms with E-state index in [-0.39, 0.29) is 29.8 Å². The topological polar surface area (TPSA) is 86.8 Å². The molecule has 0 bridgehead atoms. The largest absolute Gasteiger partial charge is 0.352 e. The molecule has 0 radical (unpaired) electrons. The molecular formula is C38H45N3O4S. The Hall–Kier alpha value is -4.43. The summed E-state index contributed by atoms with van der Waals surface area (Å²) in [5.41, 5.74) is 5.70. The van der Waals surface area contributed by atoms with Crippen molar-refractivity contribution in [2.75, 3.05) is 10.8 Å². The van der Waals surface area contributed by atoms with Gasteiger partial charge in [0.25, 0.3) is 10.0 Å². The number of hydrogen-bond donors (Lipinski definition) is 1. The molecular weight excluding hydrogens is 595 g/mol. The van der Waals surface area contributed by atoms with E-state index in [2.05, 4.69) is 5.32 Å². The molecule has 2 amide bonds. The highest BCUT2D eigenvalue weighted by molar-refractivity contribution is 7.92. The Labute approximate surface area is 274 Å². The molecule has 0 aliphatic carbocycles. The molecule has 2 atom stereocenters. The van der Waals surface area contributed by atoms with Gasteiger partial charge in [0.1, 0.15) is 12.6 Å². The van der Waals surface area contributed by atoms with Crippen molar-refractivity contribution in [2.45, 2.75) is 77.9 Å². The summed E-state index contributed by atoms with van der Waals surface area (Å²) in [5.74, 6) is -0.753. The fraction of sp³-hybridized carbons (Fsp3) is 0.316. The number of rotatable bonds is 13. The maximum Gasteiger partial charge on any atom is 0.264 e. The third-order valence-corrected chi connectivity index (χ3v) is 10.0. The van der Waals surface area contributed by atoms with Gasteiger partial charge in [0.05, 0.1) is 10.6 Å². The van der Waals surface area contributed by atoms with Gasteiger partial charge in [0.15, 0.2) is 0 Å². The van der Waals surface area contributed by atoms with Crippen molar-refractivity contribution in [3.63, 3.8) is 0 Å². The fourth-order valence-electron chi connectivity index (χ4n) is 5.34. The smallest absolute Gasteiger partial charge is 0.264 e. The Morgan fingerprint density at radius 2 is 1.39 bits per heavy atom. The van der Waals surface area contributed by atoms with Gasteiger partial charge in [-0.15, -0.1) is 0 Å². The number of benzene rings is 4. The second-order valence-electron chi connectivity index (χ2n) is 12.1. The van der Waals surface area contributed by atoms with Crippen LogP contribution in [-0.2, 0) is 32.6 Å². The summed E-state index contributed by atoms with van der Waals surface area (Å²) in [5, 5.41) is 3.08. The van der Waals surface area contributed by atoms with Gasteiger partial charge in [-0.2, -0.15) is 0 Å². The summed E-state index contributed by atoms with van der Waals surface area (Å²) >= 11 is 0. The molecule has 4 aromatic carbocycles. The van der Waals surface area contributed by atoms with Crippen LogP contribution < -0.4 is 9.62 Å². The summed E-state index contributed by atoms with van der Waals surface area (Å²) in [7, 11) is -4.16. The Morgan fingerprint density at radius 3 is 2.04 bits per heavy atom. The number of sulfonamides is 1. The molecule has 46 heavy (non-hydrogen) atoms. The average Bonchev–Trinajstić information content (AvgIpc) is 3.03. The lowest BCUT2D eigenvalue weighted by Gasteiger charge is -2.34. The summed E-state index contributed by atoms with van der Waals surface area (Å²) in [6, 6.07) is 28.6. The van der Waals surface area contributed by atoms with E-state index in [1.165, 1.54) is 4.31 Å². The van der Waals surface area contributed by atoms with Crippen molar-refractivity contribution in [1.82, 2.24) is 10.2 Å². The van der Waals surface area contributed by atoms with Crippen LogP contribution in [0.1, 0.15) is 53.6 Å². The van der Waals surface area contributed by atoms with Crippen molar-refractivity contribution in [1.29, 1.82) is 0 Å². The Balaban J connectivity index is 1.84. The van der Waals surface area contributed by atoms with E-state index >= 15 is 0 Å². The number of anilines is 1. The number of amides is 2. The van der Waals surface area contributed by atoms with Crippen LogP contribution in [0.25, 0.3) is 0 Å². The summed E-state index contributed by atoms with van der Waals surface area (Å²) in [6.07, 6.45) is 1.000. The van der Waals surface area contributed by atoms with Gasteiger partial charge < -0.3 is 10.2 Å². The Kier molecular flexibility index (Phi) is 11.4. The number of nitrogens with zero attached hydrogens (tertiary/aromatic N) is 2. The van der Waals surface area contributed by atoms with Crippen molar-refractivity contribution < 1.29 is 18.0 Å². The third-order valence-electron chi connectivity index (χ3n) is 8.23. The van der Waals surface area contributed by atoms with E-state index in [1.807, 2.05) is 108 Å². The molecule has 0 fully saturated rings. The van der Waals surface area contributed by atoms with Crippen LogP contribution in [0.4, 0.5) is 5.69 Å². The van der Waals surface area contributed by atoms with Crippen LogP contribution in [0.3, 0.4) is 0 Å². The van der Waals surface area contributed by atoms with E-state index in [9.17, 15) is 18.0 Å². The van der Waals surface area contributed by atoms with E-state index in [0.717, 1.165) is 39.8 Å². The highest BCUT2D eigenvalue weighted by atomic mass is 32.2. The molecule has 0 saturated carbocycles. The van der Waals surface area contributed by atoms with E-state index in [0.29, 0.717) is 5.69 Å². The number of aryl methyl sites for hydroxylation is 4. The lowest BCUT2D eigenvalue weighted by molar-refractivity contribution is -0.140. The molecule has 0 heterocycles. The summed E-state index contributed by atoms with van der Waals surface area (Å²) in [4.78, 5) is 30.3. The zero-order valence-electron chi connectivity index (χ0n) is 27.7. The van der Waals surface area contributed by atoms with Crippen molar-refractivity contribution in [2.24, 2.45) is 0 Å². The first-order chi connectivity index (χ1) is 21.9. The Bertz CT molecular complexity index is 1750. The minimum Gasteiger partial charge on any atom is -0.352 e. The molecule has 4 aromatic rings. The van der Waals surface area contributed by atoms with Gasteiger partial charge in [0, 0.05) is 19.0 Å². The quantitative estimate of drug-likeness (QED) is 0.177. The molecule has 0 unspecified atom stereocenters. The average molecular weight is 640 g/mol. The maximum atomic E-state index is 14.7. The van der Waals surface area contributed by atoms with Crippen molar-refractivity contribution in [3.05, 3.63) is 130 Å². The zero-order valence-corrected chi connectivity index (χ0v) is 28.5. The third kappa shape index (κ3) is 8.63. The molecule has 242 valence electrons. The van der Waals surface area contributed by atoms with Gasteiger partial charge in [-0.25, -0.2) is 8.42 Å². The number of nitrogens with one attached hydrogen (secondary N) is 1. The first kappa shape index (κ1) is 34.4. The predicted octanol–water partition coefficient (Wildman–Crippen LogP) is 6.67. The minimum absolute atomic E-state index is 0.0902. The highest BCUT2D eigenvalue weighted by Crippen LogP contribution is 2.29. The van der Waals surface area contributed by atoms with Crippen LogP contribution in [-0.4, -0.2) is 43.8 Å². The van der Waals surface area contributed by atoms with Crippen LogP contribution in [0.15, 0.2) is 102 Å². The second kappa shape index (κ2) is 15.2. The summed E-state index contributed by atoms with van der Waals surface area (Å²) < 4.78 is 29.8. The lowest BCUT2D eigenvalue weighted by atomic mass is 10.0. The normalized spacial score (nSPS) is 12.7. The van der Waals surface area contributed by atoms with E-state index in [4.69, 9.17) is 0 Å². The van der Waals surface area contributed by atoms with Crippen LogP contribution in [0.2, 0.25) is 0 Å². The van der Waals surface area contributed by atoms with Crippen LogP contribution in [0, 0.1) is 27.7 Å². The number of carbonyl (C=O) groups is 2. The van der Waals surface area contributed by atoms with Crippen molar-refractivity contribution in [3.8, 4) is 0 Å². The summed E-state index contributed by atoms with van der Waals surface area (Å²) in [6.45, 7) is 11.2. The predicted molar refractivity (Wildman–Crippen MR) is 185 cm³/mol.